The fourth-order valence-electron chi connectivity index (χ4n) is 1.09. The molecule has 0 aromatic heterocycles. The second kappa shape index (κ2) is 5.50. The van der Waals surface area contributed by atoms with E-state index in [4.69, 9.17) is 5.11 Å². The Bertz CT molecular complexity index is 458. The number of hydrazine groups is 1. The molecule has 0 saturated carbocycles. The lowest BCUT2D eigenvalue weighted by molar-refractivity contribution is 0.0690. The Kier molecular flexibility index (Phi) is 4.04. The van der Waals surface area contributed by atoms with Crippen LogP contribution in [-0.4, -0.2) is 30.2 Å². The maximum atomic E-state index is 11.5. The summed E-state index contributed by atoms with van der Waals surface area (Å²) in [5.41, 5.74) is 3.75. The van der Waals surface area contributed by atoms with Crippen molar-refractivity contribution in [1.29, 1.82) is 0 Å². The molecule has 1 aromatic rings. The van der Waals surface area contributed by atoms with Crippen LogP contribution in [0.5, 0.6) is 0 Å². The monoisotopic (exact) mass is 238 g/mol. The topological polar surface area (TPSA) is 105 Å². The van der Waals surface area contributed by atoms with Gasteiger partial charge in [0, 0.05) is 0 Å². The Morgan fingerprint density at radius 3 is 2.24 bits per heavy atom. The number of benzene rings is 1. The smallest absolute Gasteiger partial charge is 0.425 e. The highest BCUT2D eigenvalue weighted by Gasteiger charge is 2.15. The minimum absolute atomic E-state index is 0.0589. The van der Waals surface area contributed by atoms with Gasteiger partial charge >= 0.3 is 12.1 Å². The summed E-state index contributed by atoms with van der Waals surface area (Å²) in [6.07, 6.45) is -0.855. The van der Waals surface area contributed by atoms with Crippen molar-refractivity contribution in [1.82, 2.24) is 10.9 Å². The van der Waals surface area contributed by atoms with Crippen LogP contribution in [0.15, 0.2) is 24.3 Å². The molecule has 90 valence electrons. The van der Waals surface area contributed by atoms with Crippen molar-refractivity contribution in [2.75, 3.05) is 7.11 Å². The van der Waals surface area contributed by atoms with Gasteiger partial charge in [-0.15, -0.1) is 0 Å². The van der Waals surface area contributed by atoms with Crippen molar-refractivity contribution in [3.05, 3.63) is 35.4 Å². The summed E-state index contributed by atoms with van der Waals surface area (Å²) in [5.74, 6) is -1.97. The first-order chi connectivity index (χ1) is 8.06. The van der Waals surface area contributed by atoms with Crippen LogP contribution in [0.3, 0.4) is 0 Å². The van der Waals surface area contributed by atoms with Crippen molar-refractivity contribution < 1.29 is 24.2 Å². The van der Waals surface area contributed by atoms with Crippen LogP contribution >= 0.6 is 0 Å². The Morgan fingerprint density at radius 2 is 1.71 bits per heavy atom. The van der Waals surface area contributed by atoms with E-state index in [1.165, 1.54) is 24.3 Å². The molecule has 0 unspecified atom stereocenters. The molecule has 0 radical (unpaired) electrons. The molecule has 0 saturated heterocycles. The molecule has 0 bridgehead atoms. The van der Waals surface area contributed by atoms with E-state index in [0.717, 1.165) is 7.11 Å². The van der Waals surface area contributed by atoms with Crippen LogP contribution in [-0.2, 0) is 4.74 Å². The SMILES string of the molecule is COC(=O)NNC(=O)c1ccccc1C(=O)O. The van der Waals surface area contributed by atoms with Gasteiger partial charge in [0.1, 0.15) is 0 Å². The van der Waals surface area contributed by atoms with Crippen molar-refractivity contribution in [3.63, 3.8) is 0 Å². The molecule has 17 heavy (non-hydrogen) atoms. The van der Waals surface area contributed by atoms with Gasteiger partial charge in [0.2, 0.25) is 0 Å². The number of nitrogens with one attached hydrogen (secondary N) is 2. The van der Waals surface area contributed by atoms with E-state index in [-0.39, 0.29) is 11.1 Å². The highest BCUT2D eigenvalue weighted by molar-refractivity contribution is 6.04. The average Bonchev–Trinajstić information content (AvgIpc) is 2.35. The van der Waals surface area contributed by atoms with Crippen LogP contribution in [0.25, 0.3) is 0 Å². The molecule has 0 fully saturated rings. The third-order valence-electron chi connectivity index (χ3n) is 1.87. The maximum absolute atomic E-state index is 11.5. The summed E-state index contributed by atoms with van der Waals surface area (Å²) in [6, 6.07) is 5.63. The predicted molar refractivity (Wildman–Crippen MR) is 56.4 cm³/mol. The minimum atomic E-state index is -1.23. The molecule has 0 atom stereocenters. The Morgan fingerprint density at radius 1 is 1.12 bits per heavy atom. The van der Waals surface area contributed by atoms with E-state index in [1.54, 1.807) is 0 Å². The van der Waals surface area contributed by atoms with Crippen molar-refractivity contribution in [2.24, 2.45) is 0 Å². The summed E-state index contributed by atoms with van der Waals surface area (Å²) in [5, 5.41) is 8.85. The summed E-state index contributed by atoms with van der Waals surface area (Å²) in [4.78, 5) is 33.1. The normalized spacial score (nSPS) is 9.24. The molecule has 0 spiro atoms. The third-order valence-corrected chi connectivity index (χ3v) is 1.87. The van der Waals surface area contributed by atoms with Crippen molar-refractivity contribution >= 4 is 18.0 Å². The van der Waals surface area contributed by atoms with E-state index in [2.05, 4.69) is 4.74 Å². The lowest BCUT2D eigenvalue weighted by Crippen LogP contribution is -2.42. The third kappa shape index (κ3) is 3.20. The first-order valence-corrected chi connectivity index (χ1v) is 4.53. The number of carbonyl (C=O) groups is 3. The fourth-order valence-corrected chi connectivity index (χ4v) is 1.09. The van der Waals surface area contributed by atoms with Crippen LogP contribution in [0.4, 0.5) is 4.79 Å². The number of hydrogen-bond acceptors (Lipinski definition) is 4. The van der Waals surface area contributed by atoms with Crippen LogP contribution in [0.1, 0.15) is 20.7 Å². The highest BCUT2D eigenvalue weighted by Crippen LogP contribution is 2.08. The molecule has 1 aromatic carbocycles. The van der Waals surface area contributed by atoms with E-state index in [1.807, 2.05) is 10.9 Å². The molecule has 0 aliphatic heterocycles. The number of aromatic carboxylic acids is 1. The van der Waals surface area contributed by atoms with Crippen LogP contribution < -0.4 is 10.9 Å². The number of amides is 2. The van der Waals surface area contributed by atoms with Crippen LogP contribution in [0.2, 0.25) is 0 Å². The largest absolute Gasteiger partial charge is 0.478 e. The summed E-state index contributed by atoms with van der Waals surface area (Å²) < 4.78 is 4.23. The molecule has 2 amide bonds. The molecule has 0 aliphatic rings. The lowest BCUT2D eigenvalue weighted by Gasteiger charge is -2.07. The van der Waals surface area contributed by atoms with Gasteiger partial charge < -0.3 is 9.84 Å². The number of ether oxygens (including phenoxy) is 1. The summed E-state index contributed by atoms with van der Waals surface area (Å²) in [7, 11) is 1.13. The Hall–Kier alpha value is -2.57. The van der Waals surface area contributed by atoms with E-state index in [9.17, 15) is 14.4 Å². The first kappa shape index (κ1) is 12.5. The fraction of sp³-hybridized carbons (Fsp3) is 0.100. The number of methoxy groups -OCH3 is 1. The zero-order valence-electron chi connectivity index (χ0n) is 8.89. The Balaban J connectivity index is 2.82. The second-order valence-corrected chi connectivity index (χ2v) is 2.92. The van der Waals surface area contributed by atoms with Gasteiger partial charge in [0.25, 0.3) is 5.91 Å². The lowest BCUT2D eigenvalue weighted by atomic mass is 10.1. The van der Waals surface area contributed by atoms with Gasteiger partial charge in [-0.05, 0) is 12.1 Å². The molecular weight excluding hydrogens is 228 g/mol. The summed E-state index contributed by atoms with van der Waals surface area (Å²) in [6.45, 7) is 0. The van der Waals surface area contributed by atoms with E-state index < -0.39 is 18.0 Å². The minimum Gasteiger partial charge on any atom is -0.478 e. The zero-order chi connectivity index (χ0) is 12.8. The van der Waals surface area contributed by atoms with Gasteiger partial charge in [0.05, 0.1) is 18.2 Å². The van der Waals surface area contributed by atoms with Gasteiger partial charge in [-0.25, -0.2) is 15.0 Å². The van der Waals surface area contributed by atoms with Gasteiger partial charge in [-0.3, -0.25) is 10.2 Å². The summed E-state index contributed by atoms with van der Waals surface area (Å²) >= 11 is 0. The number of carboxylic acid groups (broad SMARTS) is 1. The van der Waals surface area contributed by atoms with Crippen LogP contribution in [0, 0.1) is 0 Å². The van der Waals surface area contributed by atoms with Gasteiger partial charge in [0.15, 0.2) is 0 Å². The van der Waals surface area contributed by atoms with E-state index >= 15 is 0 Å². The van der Waals surface area contributed by atoms with Gasteiger partial charge in [-0.1, -0.05) is 12.1 Å². The Labute approximate surface area is 96.4 Å². The molecule has 0 heterocycles. The van der Waals surface area contributed by atoms with E-state index in [0.29, 0.717) is 0 Å². The number of rotatable bonds is 2. The average molecular weight is 238 g/mol. The molecule has 1 rings (SSSR count). The number of carboxylic acids is 1. The zero-order valence-corrected chi connectivity index (χ0v) is 8.89. The quantitative estimate of drug-likeness (QED) is 0.646. The predicted octanol–water partition coefficient (Wildman–Crippen LogP) is 0.386. The second-order valence-electron chi connectivity index (χ2n) is 2.92. The standard InChI is InChI=1S/C10H10N2O5/c1-17-10(16)12-11-8(13)6-4-2-3-5-7(6)9(14)15/h2-5H,1H3,(H,11,13)(H,12,16)(H,14,15). The molecular formula is C10H10N2O5. The number of hydrogen-bond donors (Lipinski definition) is 3. The van der Waals surface area contributed by atoms with Crippen molar-refractivity contribution in [2.45, 2.75) is 0 Å². The first-order valence-electron chi connectivity index (χ1n) is 4.53. The highest BCUT2D eigenvalue weighted by atomic mass is 16.5. The van der Waals surface area contributed by atoms with Gasteiger partial charge in [-0.2, -0.15) is 0 Å². The van der Waals surface area contributed by atoms with Crippen molar-refractivity contribution in [3.8, 4) is 0 Å². The molecule has 0 aliphatic carbocycles. The molecule has 3 N–H and O–H groups in total. The molecule has 7 nitrogen and oxygen atoms in total. The maximum Gasteiger partial charge on any atom is 0.425 e. The number of carbonyl (C=O) groups excluding carboxylic acids is 2. The molecule has 7 heteroatoms.